The maximum absolute atomic E-state index is 10.8. The molecular weight excluding hydrogens is 242 g/mol. The van der Waals surface area contributed by atoms with Crippen molar-refractivity contribution in [1.82, 2.24) is 5.32 Å². The van der Waals surface area contributed by atoms with Crippen LogP contribution in [-0.2, 0) is 15.3 Å². The van der Waals surface area contributed by atoms with E-state index in [4.69, 9.17) is 9.52 Å². The van der Waals surface area contributed by atoms with Crippen LogP contribution in [0.5, 0.6) is 0 Å². The van der Waals surface area contributed by atoms with E-state index in [9.17, 15) is 9.59 Å². The van der Waals surface area contributed by atoms with Gasteiger partial charge in [-0.25, -0.2) is 4.79 Å². The first kappa shape index (κ1) is 13.6. The molecule has 1 atom stereocenters. The first-order valence-corrected chi connectivity index (χ1v) is 6.35. The molecule has 1 aromatic rings. The first-order valence-electron chi connectivity index (χ1n) is 5.19. The molecule has 1 aromatic heterocycles. The van der Waals surface area contributed by atoms with Gasteiger partial charge in [0.1, 0.15) is 11.8 Å². The minimum Gasteiger partial charge on any atom is -0.480 e. The van der Waals surface area contributed by atoms with Crippen molar-refractivity contribution in [3.63, 3.8) is 0 Å². The molecule has 0 aliphatic carbocycles. The fourth-order valence-corrected chi connectivity index (χ4v) is 2.18. The van der Waals surface area contributed by atoms with Crippen LogP contribution >= 0.6 is 11.8 Å². The molecule has 0 saturated carbocycles. The maximum atomic E-state index is 10.8. The lowest BCUT2D eigenvalue weighted by molar-refractivity contribution is -0.141. The number of amides is 1. The smallest absolute Gasteiger partial charge is 0.326 e. The first-order chi connectivity index (χ1) is 8.09. The number of carbonyl (C=O) groups excluding carboxylic acids is 1. The van der Waals surface area contributed by atoms with Crippen molar-refractivity contribution in [2.45, 2.75) is 25.1 Å². The predicted molar refractivity (Wildman–Crippen MR) is 64.7 cm³/mol. The van der Waals surface area contributed by atoms with Gasteiger partial charge in [-0.05, 0) is 24.3 Å². The van der Waals surface area contributed by atoms with Gasteiger partial charge in [0.05, 0.1) is 12.0 Å². The second-order valence-electron chi connectivity index (χ2n) is 3.51. The topological polar surface area (TPSA) is 79.5 Å². The highest BCUT2D eigenvalue weighted by atomic mass is 32.2. The van der Waals surface area contributed by atoms with Gasteiger partial charge in [-0.3, -0.25) is 4.79 Å². The molecule has 17 heavy (non-hydrogen) atoms. The van der Waals surface area contributed by atoms with Gasteiger partial charge in [0.2, 0.25) is 5.91 Å². The van der Waals surface area contributed by atoms with Crippen LogP contribution in [0.3, 0.4) is 0 Å². The monoisotopic (exact) mass is 257 g/mol. The lowest BCUT2D eigenvalue weighted by Gasteiger charge is -2.12. The molecule has 94 valence electrons. The summed E-state index contributed by atoms with van der Waals surface area (Å²) in [5.41, 5.74) is 0. The van der Waals surface area contributed by atoms with Gasteiger partial charge in [-0.15, -0.1) is 0 Å². The lowest BCUT2D eigenvalue weighted by Crippen LogP contribution is -2.39. The average molecular weight is 257 g/mol. The largest absolute Gasteiger partial charge is 0.480 e. The molecule has 1 unspecified atom stereocenters. The summed E-state index contributed by atoms with van der Waals surface area (Å²) in [6.45, 7) is 1.31. The quantitative estimate of drug-likeness (QED) is 0.723. The number of carboxylic acid groups (broad SMARTS) is 1. The van der Waals surface area contributed by atoms with Gasteiger partial charge in [0.25, 0.3) is 0 Å². The number of nitrogens with one attached hydrogen (secondary N) is 1. The number of hydrogen-bond acceptors (Lipinski definition) is 4. The summed E-state index contributed by atoms with van der Waals surface area (Å²) >= 11 is 1.58. The maximum Gasteiger partial charge on any atom is 0.326 e. The number of aliphatic carboxylic acids is 1. The number of furan rings is 1. The molecule has 0 fully saturated rings. The third-order valence-corrected chi connectivity index (χ3v) is 3.06. The van der Waals surface area contributed by atoms with Crippen molar-refractivity contribution < 1.29 is 19.1 Å². The standard InChI is InChI=1S/C11H15NO4S/c1-8(13)12-10(11(14)15)4-6-17-7-9-3-2-5-16-9/h2-3,5,10H,4,6-7H2,1H3,(H,12,13)(H,14,15). The average Bonchev–Trinajstić information content (AvgIpc) is 2.74. The zero-order valence-corrected chi connectivity index (χ0v) is 10.3. The molecule has 1 rings (SSSR count). The Morgan fingerprint density at radius 1 is 1.59 bits per heavy atom. The second-order valence-corrected chi connectivity index (χ2v) is 4.62. The summed E-state index contributed by atoms with van der Waals surface area (Å²) in [6, 6.07) is 2.87. The molecule has 0 aromatic carbocycles. The number of rotatable bonds is 7. The Kier molecular flexibility index (Phi) is 5.62. The molecule has 2 N–H and O–H groups in total. The Bertz CT molecular complexity index is 364. The van der Waals surface area contributed by atoms with Gasteiger partial charge >= 0.3 is 5.97 Å². The van der Waals surface area contributed by atoms with E-state index in [1.54, 1.807) is 18.0 Å². The lowest BCUT2D eigenvalue weighted by atomic mass is 10.2. The molecule has 5 nitrogen and oxygen atoms in total. The normalized spacial score (nSPS) is 12.1. The Hall–Kier alpha value is -1.43. The highest BCUT2D eigenvalue weighted by Gasteiger charge is 2.17. The molecule has 1 amide bonds. The zero-order valence-electron chi connectivity index (χ0n) is 9.51. The van der Waals surface area contributed by atoms with Crippen LogP contribution in [-0.4, -0.2) is 28.8 Å². The molecule has 0 spiro atoms. The molecule has 0 aliphatic rings. The van der Waals surface area contributed by atoms with Crippen LogP contribution < -0.4 is 5.32 Å². The van der Waals surface area contributed by atoms with Crippen LogP contribution in [0.15, 0.2) is 22.8 Å². The van der Waals surface area contributed by atoms with Crippen molar-refractivity contribution in [2.75, 3.05) is 5.75 Å². The van der Waals surface area contributed by atoms with E-state index in [1.165, 1.54) is 6.92 Å². The van der Waals surface area contributed by atoms with Crippen LogP contribution in [0.1, 0.15) is 19.1 Å². The number of carboxylic acids is 1. The zero-order chi connectivity index (χ0) is 12.7. The molecule has 1 heterocycles. The van der Waals surface area contributed by atoms with E-state index in [0.717, 1.165) is 5.76 Å². The number of carbonyl (C=O) groups is 2. The van der Waals surface area contributed by atoms with Crippen LogP contribution in [0, 0.1) is 0 Å². The number of hydrogen-bond donors (Lipinski definition) is 2. The van der Waals surface area contributed by atoms with E-state index in [-0.39, 0.29) is 5.91 Å². The Morgan fingerprint density at radius 3 is 2.88 bits per heavy atom. The summed E-state index contributed by atoms with van der Waals surface area (Å²) in [5.74, 6) is 0.894. The van der Waals surface area contributed by atoms with Gasteiger partial charge < -0.3 is 14.8 Å². The minimum absolute atomic E-state index is 0.326. The summed E-state index contributed by atoms with van der Waals surface area (Å²) in [5, 5.41) is 11.3. The second kappa shape index (κ2) is 7.01. The molecule has 0 radical (unpaired) electrons. The van der Waals surface area contributed by atoms with Gasteiger partial charge in [-0.2, -0.15) is 11.8 Å². The summed E-state index contributed by atoms with van der Waals surface area (Å²) in [4.78, 5) is 21.6. The van der Waals surface area contributed by atoms with Gasteiger partial charge in [-0.1, -0.05) is 0 Å². The third kappa shape index (κ3) is 5.44. The van der Waals surface area contributed by atoms with E-state index >= 15 is 0 Å². The summed E-state index contributed by atoms with van der Waals surface area (Å²) in [7, 11) is 0. The molecule has 0 aliphatic heterocycles. The van der Waals surface area contributed by atoms with E-state index in [0.29, 0.717) is 17.9 Å². The van der Waals surface area contributed by atoms with E-state index in [1.807, 2.05) is 12.1 Å². The molecule has 0 bridgehead atoms. The summed E-state index contributed by atoms with van der Waals surface area (Å²) in [6.07, 6.45) is 2.01. The Morgan fingerprint density at radius 2 is 2.35 bits per heavy atom. The highest BCUT2D eigenvalue weighted by molar-refractivity contribution is 7.98. The Balaban J connectivity index is 2.23. The van der Waals surface area contributed by atoms with Crippen molar-refractivity contribution in [1.29, 1.82) is 0 Å². The highest BCUT2D eigenvalue weighted by Crippen LogP contribution is 2.14. The van der Waals surface area contributed by atoms with Crippen molar-refractivity contribution in [3.05, 3.63) is 24.2 Å². The third-order valence-electron chi connectivity index (χ3n) is 2.05. The van der Waals surface area contributed by atoms with Crippen LogP contribution in [0.4, 0.5) is 0 Å². The SMILES string of the molecule is CC(=O)NC(CCSCc1ccco1)C(=O)O. The predicted octanol–water partition coefficient (Wildman–Crippen LogP) is 1.49. The van der Waals surface area contributed by atoms with E-state index in [2.05, 4.69) is 5.32 Å². The van der Waals surface area contributed by atoms with E-state index < -0.39 is 12.0 Å². The van der Waals surface area contributed by atoms with Gasteiger partial charge in [0.15, 0.2) is 0 Å². The molecule has 6 heteroatoms. The fourth-order valence-electron chi connectivity index (χ4n) is 1.27. The molecule has 0 saturated heterocycles. The Labute approximate surface area is 104 Å². The minimum atomic E-state index is -1.00. The van der Waals surface area contributed by atoms with Crippen molar-refractivity contribution in [2.24, 2.45) is 0 Å². The molecular formula is C11H15NO4S. The van der Waals surface area contributed by atoms with Crippen molar-refractivity contribution in [3.8, 4) is 0 Å². The summed E-state index contributed by atoms with van der Waals surface area (Å²) < 4.78 is 5.15. The van der Waals surface area contributed by atoms with Crippen LogP contribution in [0.25, 0.3) is 0 Å². The van der Waals surface area contributed by atoms with Crippen LogP contribution in [0.2, 0.25) is 0 Å². The fraction of sp³-hybridized carbons (Fsp3) is 0.455. The number of thioether (sulfide) groups is 1. The van der Waals surface area contributed by atoms with Crippen molar-refractivity contribution >= 4 is 23.6 Å². The van der Waals surface area contributed by atoms with Gasteiger partial charge in [0, 0.05) is 6.92 Å².